The highest BCUT2D eigenvalue weighted by atomic mass is 16.3. The Hall–Kier alpha value is -1.51. The smallest absolute Gasteiger partial charge is 0.251 e. The second kappa shape index (κ2) is 7.82. The van der Waals surface area contributed by atoms with Crippen molar-refractivity contribution >= 4 is 5.91 Å². The van der Waals surface area contributed by atoms with E-state index in [2.05, 4.69) is 19.2 Å². The van der Waals surface area contributed by atoms with Gasteiger partial charge in [-0.15, -0.1) is 0 Å². The number of aryl methyl sites for hydroxylation is 1. The first kappa shape index (κ1) is 15.5. The van der Waals surface area contributed by atoms with E-state index in [4.69, 9.17) is 0 Å². The summed E-state index contributed by atoms with van der Waals surface area (Å²) in [6.45, 7) is 6.10. The number of unbranched alkanes of at least 4 members (excludes halogenated alkanes) is 1. The van der Waals surface area contributed by atoms with Crippen molar-refractivity contribution in [2.24, 2.45) is 0 Å². The minimum atomic E-state index is -0.0927. The summed E-state index contributed by atoms with van der Waals surface area (Å²) in [5.74, 6) is 0.0816. The third-order valence-electron chi connectivity index (χ3n) is 3.35. The van der Waals surface area contributed by atoms with Gasteiger partial charge in [-0.1, -0.05) is 39.2 Å². The molecule has 1 unspecified atom stereocenters. The number of rotatable bonds is 7. The number of amides is 1. The Morgan fingerprint density at radius 2 is 2.00 bits per heavy atom. The molecule has 1 amide bonds. The lowest BCUT2D eigenvalue weighted by molar-refractivity contribution is 0.0931. The molecule has 106 valence electrons. The third kappa shape index (κ3) is 4.93. The largest absolute Gasteiger partial charge is 0.508 e. The van der Waals surface area contributed by atoms with Crippen LogP contribution in [0.1, 0.15) is 61.9 Å². The number of nitrogens with one attached hydrogen (secondary N) is 1. The van der Waals surface area contributed by atoms with Gasteiger partial charge in [0.25, 0.3) is 5.91 Å². The molecule has 1 aromatic rings. The number of aromatic hydroxyl groups is 1. The lowest BCUT2D eigenvalue weighted by atomic mass is 10.0. The van der Waals surface area contributed by atoms with Crippen molar-refractivity contribution in [2.75, 3.05) is 0 Å². The van der Waals surface area contributed by atoms with E-state index < -0.39 is 0 Å². The van der Waals surface area contributed by atoms with Gasteiger partial charge in [0.1, 0.15) is 5.75 Å². The van der Waals surface area contributed by atoms with Crippen LogP contribution in [-0.4, -0.2) is 17.1 Å². The van der Waals surface area contributed by atoms with Crippen LogP contribution in [0.25, 0.3) is 0 Å². The zero-order chi connectivity index (χ0) is 14.3. The number of carbonyl (C=O) groups is 1. The second-order valence-corrected chi connectivity index (χ2v) is 5.10. The molecule has 0 fully saturated rings. The molecule has 0 aliphatic rings. The Balaban J connectivity index is 2.66. The molecule has 1 rings (SSSR count). The SMILES string of the molecule is CCCCC(CCC)NC(=O)c1ccc(C)c(O)c1. The summed E-state index contributed by atoms with van der Waals surface area (Å²) in [6, 6.07) is 5.30. The number of hydrogen-bond acceptors (Lipinski definition) is 2. The zero-order valence-corrected chi connectivity index (χ0v) is 12.2. The molecule has 0 aromatic heterocycles. The van der Waals surface area contributed by atoms with Gasteiger partial charge in [0, 0.05) is 11.6 Å². The van der Waals surface area contributed by atoms with E-state index in [1.807, 2.05) is 6.92 Å². The van der Waals surface area contributed by atoms with Crippen molar-refractivity contribution in [2.45, 2.75) is 58.9 Å². The van der Waals surface area contributed by atoms with Crippen molar-refractivity contribution in [1.29, 1.82) is 0 Å². The Morgan fingerprint density at radius 1 is 1.26 bits per heavy atom. The molecule has 0 saturated carbocycles. The Morgan fingerprint density at radius 3 is 2.58 bits per heavy atom. The lowest BCUT2D eigenvalue weighted by Crippen LogP contribution is -2.34. The summed E-state index contributed by atoms with van der Waals surface area (Å²) in [5, 5.41) is 12.7. The Bertz CT molecular complexity index is 415. The summed E-state index contributed by atoms with van der Waals surface area (Å²) in [5.41, 5.74) is 1.31. The molecular weight excluding hydrogens is 238 g/mol. The molecule has 3 nitrogen and oxygen atoms in total. The maximum Gasteiger partial charge on any atom is 0.251 e. The summed E-state index contributed by atoms with van der Waals surface area (Å²) in [6.07, 6.45) is 5.36. The maximum atomic E-state index is 12.1. The van der Waals surface area contributed by atoms with Crippen molar-refractivity contribution in [3.05, 3.63) is 29.3 Å². The summed E-state index contributed by atoms with van der Waals surface area (Å²) in [4.78, 5) is 12.1. The van der Waals surface area contributed by atoms with Gasteiger partial charge in [-0.25, -0.2) is 0 Å². The van der Waals surface area contributed by atoms with Crippen molar-refractivity contribution in [3.8, 4) is 5.75 Å². The highest BCUT2D eigenvalue weighted by Gasteiger charge is 2.13. The van der Waals surface area contributed by atoms with E-state index in [0.29, 0.717) is 5.56 Å². The fourth-order valence-electron chi connectivity index (χ4n) is 2.11. The van der Waals surface area contributed by atoms with Gasteiger partial charge in [-0.05, 0) is 37.5 Å². The van der Waals surface area contributed by atoms with Gasteiger partial charge in [-0.2, -0.15) is 0 Å². The zero-order valence-electron chi connectivity index (χ0n) is 12.2. The summed E-state index contributed by atoms with van der Waals surface area (Å²) in [7, 11) is 0. The van der Waals surface area contributed by atoms with E-state index in [1.165, 1.54) is 6.07 Å². The molecule has 19 heavy (non-hydrogen) atoms. The average molecular weight is 263 g/mol. The van der Waals surface area contributed by atoms with Crippen molar-refractivity contribution in [3.63, 3.8) is 0 Å². The molecule has 0 spiro atoms. The van der Waals surface area contributed by atoms with Gasteiger partial charge in [0.15, 0.2) is 0 Å². The lowest BCUT2D eigenvalue weighted by Gasteiger charge is -2.18. The van der Waals surface area contributed by atoms with Crippen LogP contribution in [0, 0.1) is 6.92 Å². The number of phenolic OH excluding ortho intramolecular Hbond substituents is 1. The second-order valence-electron chi connectivity index (χ2n) is 5.10. The minimum absolute atomic E-state index is 0.0927. The van der Waals surface area contributed by atoms with Gasteiger partial charge < -0.3 is 10.4 Å². The molecular formula is C16H25NO2. The molecule has 1 atom stereocenters. The minimum Gasteiger partial charge on any atom is -0.508 e. The van der Waals surface area contributed by atoms with Crippen LogP contribution < -0.4 is 5.32 Å². The molecule has 0 aliphatic heterocycles. The number of benzene rings is 1. The molecule has 2 N–H and O–H groups in total. The predicted octanol–water partition coefficient (Wildman–Crippen LogP) is 3.79. The first-order chi connectivity index (χ1) is 9.08. The fraction of sp³-hybridized carbons (Fsp3) is 0.562. The van der Waals surface area contributed by atoms with E-state index in [9.17, 15) is 9.90 Å². The van der Waals surface area contributed by atoms with E-state index in [1.54, 1.807) is 12.1 Å². The third-order valence-corrected chi connectivity index (χ3v) is 3.35. The van der Waals surface area contributed by atoms with Gasteiger partial charge in [0.05, 0.1) is 0 Å². The number of carbonyl (C=O) groups excluding carboxylic acids is 1. The molecule has 0 saturated heterocycles. The standard InChI is InChI=1S/C16H25NO2/c1-4-6-8-14(7-5-2)17-16(19)13-10-9-12(3)15(18)11-13/h9-11,14,18H,4-8H2,1-3H3,(H,17,19). The molecule has 0 bridgehead atoms. The first-order valence-corrected chi connectivity index (χ1v) is 7.19. The molecule has 0 heterocycles. The normalized spacial score (nSPS) is 12.2. The molecule has 0 aliphatic carbocycles. The van der Waals surface area contributed by atoms with Gasteiger partial charge in [-0.3, -0.25) is 4.79 Å². The van der Waals surface area contributed by atoms with Crippen LogP contribution in [0.5, 0.6) is 5.75 Å². The van der Waals surface area contributed by atoms with Crippen LogP contribution in [0.3, 0.4) is 0 Å². The highest BCUT2D eigenvalue weighted by Crippen LogP contribution is 2.18. The summed E-state index contributed by atoms with van der Waals surface area (Å²) < 4.78 is 0. The van der Waals surface area contributed by atoms with E-state index in [-0.39, 0.29) is 17.7 Å². The summed E-state index contributed by atoms with van der Waals surface area (Å²) >= 11 is 0. The van der Waals surface area contributed by atoms with Gasteiger partial charge >= 0.3 is 0 Å². The predicted molar refractivity (Wildman–Crippen MR) is 78.5 cm³/mol. The molecule has 1 aromatic carbocycles. The quantitative estimate of drug-likeness (QED) is 0.786. The average Bonchev–Trinajstić information content (AvgIpc) is 2.39. The van der Waals surface area contributed by atoms with Crippen LogP contribution in [0.2, 0.25) is 0 Å². The Labute approximate surface area is 116 Å². The molecule has 3 heteroatoms. The van der Waals surface area contributed by atoms with Crippen LogP contribution in [0.15, 0.2) is 18.2 Å². The van der Waals surface area contributed by atoms with E-state index >= 15 is 0 Å². The highest BCUT2D eigenvalue weighted by molar-refractivity contribution is 5.94. The van der Waals surface area contributed by atoms with Crippen LogP contribution in [0.4, 0.5) is 0 Å². The monoisotopic (exact) mass is 263 g/mol. The van der Waals surface area contributed by atoms with E-state index in [0.717, 1.165) is 37.7 Å². The maximum absolute atomic E-state index is 12.1. The van der Waals surface area contributed by atoms with Gasteiger partial charge in [0.2, 0.25) is 0 Å². The van der Waals surface area contributed by atoms with Crippen LogP contribution >= 0.6 is 0 Å². The van der Waals surface area contributed by atoms with Crippen molar-refractivity contribution in [1.82, 2.24) is 5.32 Å². The first-order valence-electron chi connectivity index (χ1n) is 7.19. The van der Waals surface area contributed by atoms with Crippen LogP contribution in [-0.2, 0) is 0 Å². The fourth-order valence-corrected chi connectivity index (χ4v) is 2.11. The van der Waals surface area contributed by atoms with Crippen molar-refractivity contribution < 1.29 is 9.90 Å². The number of hydrogen-bond donors (Lipinski definition) is 2. The topological polar surface area (TPSA) is 49.3 Å². The number of phenols is 1. The Kier molecular flexibility index (Phi) is 6.40. The molecule has 0 radical (unpaired) electrons.